The molecule has 0 unspecified atom stereocenters. The zero-order chi connectivity index (χ0) is 19.7. The second-order valence-electron chi connectivity index (χ2n) is 5.37. The van der Waals surface area contributed by atoms with E-state index in [2.05, 4.69) is 10.6 Å². The van der Waals surface area contributed by atoms with Gasteiger partial charge in [-0.15, -0.1) is 0 Å². The van der Waals surface area contributed by atoms with Gasteiger partial charge < -0.3 is 20.1 Å². The van der Waals surface area contributed by atoms with E-state index in [1.54, 1.807) is 0 Å². The van der Waals surface area contributed by atoms with Gasteiger partial charge >= 0.3 is 5.97 Å². The van der Waals surface area contributed by atoms with Crippen molar-refractivity contribution in [1.82, 2.24) is 10.6 Å². The molecule has 1 aromatic carbocycles. The van der Waals surface area contributed by atoms with Crippen LogP contribution < -0.4 is 10.6 Å². The molecule has 0 aliphatic rings. The number of carbonyl (C=O) groups excluding carboxylic acids is 3. The maximum atomic E-state index is 12.1. The normalized spacial score (nSPS) is 12.6. The third-order valence-electron chi connectivity index (χ3n) is 3.29. The van der Waals surface area contributed by atoms with E-state index < -0.39 is 34.9 Å². The van der Waals surface area contributed by atoms with Gasteiger partial charge in [0.1, 0.15) is 6.04 Å². The van der Waals surface area contributed by atoms with E-state index in [0.29, 0.717) is 6.61 Å². The Morgan fingerprint density at radius 2 is 1.96 bits per heavy atom. The molecule has 142 valence electrons. The van der Waals surface area contributed by atoms with Gasteiger partial charge in [-0.2, -0.15) is 0 Å². The Morgan fingerprint density at radius 3 is 2.58 bits per heavy atom. The van der Waals surface area contributed by atoms with Crippen molar-refractivity contribution in [2.24, 2.45) is 0 Å². The quantitative estimate of drug-likeness (QED) is 0.279. The summed E-state index contributed by atoms with van der Waals surface area (Å²) in [5, 5.41) is 15.6. The molecule has 0 fully saturated rings. The average molecular weight is 367 g/mol. The summed E-state index contributed by atoms with van der Waals surface area (Å²) in [6, 6.07) is 4.04. The average Bonchev–Trinajstić information content (AvgIpc) is 2.61. The molecule has 2 N–H and O–H groups in total. The Morgan fingerprint density at radius 1 is 1.27 bits per heavy atom. The smallest absolute Gasteiger partial charge is 0.329 e. The number of amides is 2. The predicted octanol–water partition coefficient (Wildman–Crippen LogP) is 0.407. The molecule has 0 bridgehead atoms. The van der Waals surface area contributed by atoms with Crippen LogP contribution in [0.2, 0.25) is 0 Å². The number of non-ortho nitro benzene ring substituents is 1. The minimum atomic E-state index is -1.05. The summed E-state index contributed by atoms with van der Waals surface area (Å²) in [4.78, 5) is 45.9. The number of hydrogen-bond acceptors (Lipinski definition) is 7. The molecule has 1 rings (SSSR count). The topological polar surface area (TPSA) is 137 Å². The Labute approximate surface area is 150 Å². The first-order chi connectivity index (χ1) is 12.3. The van der Waals surface area contributed by atoms with Crippen LogP contribution in [-0.2, 0) is 19.1 Å². The van der Waals surface area contributed by atoms with Crippen molar-refractivity contribution in [3.63, 3.8) is 0 Å². The maximum Gasteiger partial charge on any atom is 0.329 e. The number of carbonyl (C=O) groups is 3. The highest BCUT2D eigenvalue weighted by Gasteiger charge is 2.23. The molecule has 0 heterocycles. The van der Waals surface area contributed by atoms with Crippen LogP contribution in [0.3, 0.4) is 0 Å². The fourth-order valence-corrected chi connectivity index (χ4v) is 1.85. The van der Waals surface area contributed by atoms with Crippen molar-refractivity contribution in [2.45, 2.75) is 26.0 Å². The highest BCUT2D eigenvalue weighted by atomic mass is 16.6. The highest BCUT2D eigenvalue weighted by molar-refractivity contribution is 5.97. The van der Waals surface area contributed by atoms with Gasteiger partial charge in [0.05, 0.1) is 11.5 Å². The van der Waals surface area contributed by atoms with Crippen molar-refractivity contribution in [2.75, 3.05) is 20.3 Å². The first-order valence-corrected chi connectivity index (χ1v) is 7.78. The number of hydrogen-bond donors (Lipinski definition) is 2. The molecule has 10 heteroatoms. The number of nitrogens with one attached hydrogen (secondary N) is 2. The van der Waals surface area contributed by atoms with Crippen LogP contribution >= 0.6 is 0 Å². The van der Waals surface area contributed by atoms with Crippen LogP contribution in [0.25, 0.3) is 0 Å². The summed E-state index contributed by atoms with van der Waals surface area (Å²) in [5.41, 5.74) is -0.210. The Balaban J connectivity index is 2.58. The van der Waals surface area contributed by atoms with Crippen molar-refractivity contribution in [3.8, 4) is 0 Å². The summed E-state index contributed by atoms with van der Waals surface area (Å²) >= 11 is 0. The van der Waals surface area contributed by atoms with E-state index in [-0.39, 0.29) is 17.8 Å². The van der Waals surface area contributed by atoms with Crippen LogP contribution in [0.1, 0.15) is 24.2 Å². The molecule has 0 saturated heterocycles. The van der Waals surface area contributed by atoms with Gasteiger partial charge in [-0.3, -0.25) is 19.7 Å². The van der Waals surface area contributed by atoms with Gasteiger partial charge in [-0.05, 0) is 19.9 Å². The van der Waals surface area contributed by atoms with Crippen molar-refractivity contribution < 1.29 is 28.8 Å². The molecule has 1 aromatic rings. The summed E-state index contributed by atoms with van der Waals surface area (Å²) in [7, 11) is 1.49. The van der Waals surface area contributed by atoms with Gasteiger partial charge in [0, 0.05) is 31.4 Å². The van der Waals surface area contributed by atoms with Crippen LogP contribution in [0.5, 0.6) is 0 Å². The molecule has 0 aromatic heterocycles. The maximum absolute atomic E-state index is 12.1. The van der Waals surface area contributed by atoms with E-state index >= 15 is 0 Å². The number of ether oxygens (including phenoxy) is 2. The van der Waals surface area contributed by atoms with Gasteiger partial charge in [-0.25, -0.2) is 4.79 Å². The van der Waals surface area contributed by atoms with E-state index in [0.717, 1.165) is 6.07 Å². The van der Waals surface area contributed by atoms with E-state index in [4.69, 9.17) is 9.47 Å². The minimum absolute atomic E-state index is 0.0317. The van der Waals surface area contributed by atoms with Crippen LogP contribution in [0, 0.1) is 10.1 Å². The molecule has 2 amide bonds. The zero-order valence-electron chi connectivity index (χ0n) is 14.7. The van der Waals surface area contributed by atoms with E-state index in [1.807, 2.05) is 0 Å². The summed E-state index contributed by atoms with van der Waals surface area (Å²) in [5.74, 6) is -1.97. The number of nitro benzene ring substituents is 1. The number of rotatable bonds is 9. The highest BCUT2D eigenvalue weighted by Crippen LogP contribution is 2.13. The molecule has 0 saturated carbocycles. The lowest BCUT2D eigenvalue weighted by Crippen LogP contribution is -2.44. The molecular formula is C16H21N3O7. The molecule has 0 aliphatic heterocycles. The number of nitrogens with zero attached hydrogens (tertiary/aromatic N) is 1. The Hall–Kier alpha value is -3.01. The molecule has 0 radical (unpaired) electrons. The van der Waals surface area contributed by atoms with Gasteiger partial charge in [0.2, 0.25) is 0 Å². The fourth-order valence-electron chi connectivity index (χ4n) is 1.85. The van der Waals surface area contributed by atoms with Crippen LogP contribution in [0.15, 0.2) is 24.3 Å². The lowest BCUT2D eigenvalue weighted by Gasteiger charge is -2.17. The Bertz CT molecular complexity index is 678. The van der Waals surface area contributed by atoms with Gasteiger partial charge in [0.15, 0.2) is 6.10 Å². The SMILES string of the molecule is COCCNC(=O)[C@@H](C)OC(=O)[C@H](C)NC(=O)c1cccc([N+](=O)[O-])c1. The monoisotopic (exact) mass is 367 g/mol. The molecular weight excluding hydrogens is 346 g/mol. The van der Waals surface area contributed by atoms with Crippen LogP contribution in [0.4, 0.5) is 5.69 Å². The van der Waals surface area contributed by atoms with Gasteiger partial charge in [0.25, 0.3) is 17.5 Å². The molecule has 10 nitrogen and oxygen atoms in total. The van der Waals surface area contributed by atoms with Gasteiger partial charge in [-0.1, -0.05) is 6.07 Å². The van der Waals surface area contributed by atoms with Crippen molar-refractivity contribution >= 4 is 23.5 Å². The number of nitro groups is 1. The third-order valence-corrected chi connectivity index (χ3v) is 3.29. The van der Waals surface area contributed by atoms with E-state index in [9.17, 15) is 24.5 Å². The van der Waals surface area contributed by atoms with Crippen LogP contribution in [-0.4, -0.2) is 55.1 Å². The summed E-state index contributed by atoms with van der Waals surface area (Å²) in [6.07, 6.45) is -1.04. The largest absolute Gasteiger partial charge is 0.451 e. The first kappa shape index (κ1) is 21.0. The van der Waals surface area contributed by atoms with Crippen molar-refractivity contribution in [3.05, 3.63) is 39.9 Å². The molecule has 26 heavy (non-hydrogen) atoms. The minimum Gasteiger partial charge on any atom is -0.451 e. The summed E-state index contributed by atoms with van der Waals surface area (Å²) < 4.78 is 9.78. The standard InChI is InChI=1S/C16H21N3O7/c1-10(16(22)26-11(2)14(20)17-7-8-25-3)18-15(21)12-5-4-6-13(9-12)19(23)24/h4-6,9-11H,7-8H2,1-3H3,(H,17,20)(H,18,21)/t10-,11+/m0/s1. The van der Waals surface area contributed by atoms with Crippen molar-refractivity contribution in [1.29, 1.82) is 0 Å². The number of methoxy groups -OCH3 is 1. The third kappa shape index (κ3) is 6.48. The summed E-state index contributed by atoms with van der Waals surface area (Å²) in [6.45, 7) is 3.38. The molecule has 2 atom stereocenters. The predicted molar refractivity (Wildman–Crippen MR) is 90.5 cm³/mol. The molecule has 0 aliphatic carbocycles. The fraction of sp³-hybridized carbons (Fsp3) is 0.438. The number of esters is 1. The Kier molecular flexibility index (Phi) is 8.16. The lowest BCUT2D eigenvalue weighted by molar-refractivity contribution is -0.384. The van der Waals surface area contributed by atoms with E-state index in [1.165, 1.54) is 39.2 Å². The zero-order valence-corrected chi connectivity index (χ0v) is 14.7. The first-order valence-electron chi connectivity index (χ1n) is 7.78. The second-order valence-corrected chi connectivity index (χ2v) is 5.37. The second kappa shape index (κ2) is 10.1. The molecule has 0 spiro atoms. The number of benzene rings is 1. The lowest BCUT2D eigenvalue weighted by atomic mass is 10.2.